The fourth-order valence-corrected chi connectivity index (χ4v) is 2.48. The van der Waals surface area contributed by atoms with Crippen LogP contribution in [0.25, 0.3) is 0 Å². The van der Waals surface area contributed by atoms with Crippen molar-refractivity contribution in [3.05, 3.63) is 36.5 Å². The van der Waals surface area contributed by atoms with Crippen molar-refractivity contribution in [1.82, 2.24) is 0 Å². The van der Waals surface area contributed by atoms with Crippen molar-refractivity contribution in [2.45, 2.75) is 84.7 Å². The van der Waals surface area contributed by atoms with E-state index in [2.05, 4.69) is 43.4 Å². The Balaban J connectivity index is 3.60. The van der Waals surface area contributed by atoms with Gasteiger partial charge in [-0.25, -0.2) is 4.79 Å². The molecule has 0 rings (SSSR count). The maximum absolute atomic E-state index is 11.7. The Kier molecular flexibility index (Phi) is 18.0. The Morgan fingerprint density at radius 3 is 2.08 bits per heavy atom. The van der Waals surface area contributed by atoms with Gasteiger partial charge in [0.05, 0.1) is 6.61 Å². The number of hydrogen-bond donors (Lipinski definition) is 0. The molecule has 0 saturated carbocycles. The van der Waals surface area contributed by atoms with Crippen LogP contribution in [0.5, 0.6) is 0 Å². The first-order valence-corrected chi connectivity index (χ1v) is 9.99. The summed E-state index contributed by atoms with van der Waals surface area (Å²) in [6.07, 6.45) is 22.6. The van der Waals surface area contributed by atoms with Gasteiger partial charge in [-0.2, -0.15) is 0 Å². The van der Waals surface area contributed by atoms with Crippen LogP contribution in [-0.4, -0.2) is 25.3 Å². The Labute approximate surface area is 155 Å². The lowest BCUT2D eigenvalue weighted by Crippen LogP contribution is -2.26. The van der Waals surface area contributed by atoms with Crippen LogP contribution in [0.2, 0.25) is 0 Å². The summed E-state index contributed by atoms with van der Waals surface area (Å²) in [6.45, 7) is 6.86. The molecule has 1 unspecified atom stereocenters. The molecule has 0 aromatic heterocycles. The molecule has 0 fully saturated rings. The molecule has 0 aliphatic rings. The van der Waals surface area contributed by atoms with Gasteiger partial charge >= 0.3 is 5.97 Å². The van der Waals surface area contributed by atoms with E-state index in [1.165, 1.54) is 12.8 Å². The SMILES string of the molecule is CC/C=C\C/C=C\C/C=C\CCCCCCC(OCC)C(=O)OCC. The number of allylic oxidation sites excluding steroid dienone is 6. The highest BCUT2D eigenvalue weighted by atomic mass is 16.6. The van der Waals surface area contributed by atoms with Gasteiger partial charge < -0.3 is 9.47 Å². The molecule has 0 bridgehead atoms. The molecule has 0 N–H and O–H groups in total. The molecule has 0 spiro atoms. The van der Waals surface area contributed by atoms with Gasteiger partial charge in [-0.15, -0.1) is 0 Å². The predicted molar refractivity (Wildman–Crippen MR) is 107 cm³/mol. The van der Waals surface area contributed by atoms with E-state index >= 15 is 0 Å². The van der Waals surface area contributed by atoms with E-state index in [-0.39, 0.29) is 12.1 Å². The van der Waals surface area contributed by atoms with Crippen molar-refractivity contribution < 1.29 is 14.3 Å². The Morgan fingerprint density at radius 2 is 1.44 bits per heavy atom. The lowest BCUT2D eigenvalue weighted by molar-refractivity contribution is -0.156. The molecule has 3 nitrogen and oxygen atoms in total. The smallest absolute Gasteiger partial charge is 0.335 e. The summed E-state index contributed by atoms with van der Waals surface area (Å²) in [6, 6.07) is 0. The molecule has 0 aliphatic carbocycles. The molecular formula is C22H38O3. The minimum absolute atomic E-state index is 0.217. The second-order valence-electron chi connectivity index (χ2n) is 5.98. The lowest BCUT2D eigenvalue weighted by Gasteiger charge is -2.15. The fourth-order valence-electron chi connectivity index (χ4n) is 2.48. The molecule has 1 atom stereocenters. The Morgan fingerprint density at radius 1 is 0.800 bits per heavy atom. The van der Waals surface area contributed by atoms with Crippen LogP contribution >= 0.6 is 0 Å². The second kappa shape index (κ2) is 19.0. The number of ether oxygens (including phenoxy) is 2. The van der Waals surface area contributed by atoms with Gasteiger partial charge in [0.15, 0.2) is 6.10 Å². The largest absolute Gasteiger partial charge is 0.464 e. The number of esters is 1. The molecule has 0 aromatic rings. The van der Waals surface area contributed by atoms with Gasteiger partial charge in [-0.05, 0) is 52.4 Å². The topological polar surface area (TPSA) is 35.5 Å². The molecule has 25 heavy (non-hydrogen) atoms. The maximum atomic E-state index is 11.7. The summed E-state index contributed by atoms with van der Waals surface area (Å²) in [7, 11) is 0. The number of carbonyl (C=O) groups is 1. The normalized spacial score (nSPS) is 13.2. The standard InChI is InChI=1S/C22H38O3/c1-4-7-8-9-10-11-12-13-14-15-16-17-18-19-20-21(24-5-2)22(23)25-6-3/h7-8,10-11,13-14,21H,4-6,9,12,15-20H2,1-3H3/b8-7-,11-10-,14-13-. The predicted octanol–water partition coefficient (Wildman–Crippen LogP) is 6.15. The van der Waals surface area contributed by atoms with Crippen molar-refractivity contribution in [3.63, 3.8) is 0 Å². The van der Waals surface area contributed by atoms with E-state index in [1.807, 2.05) is 13.8 Å². The van der Waals surface area contributed by atoms with Gasteiger partial charge in [-0.1, -0.05) is 62.6 Å². The van der Waals surface area contributed by atoms with Gasteiger partial charge in [0.25, 0.3) is 0 Å². The molecule has 144 valence electrons. The summed E-state index contributed by atoms with van der Waals surface area (Å²) in [4.78, 5) is 11.7. The zero-order chi connectivity index (χ0) is 18.6. The van der Waals surface area contributed by atoms with Crippen molar-refractivity contribution in [1.29, 1.82) is 0 Å². The van der Waals surface area contributed by atoms with E-state index < -0.39 is 0 Å². The average Bonchev–Trinajstić information content (AvgIpc) is 2.61. The van der Waals surface area contributed by atoms with Gasteiger partial charge in [0.1, 0.15) is 0 Å². The van der Waals surface area contributed by atoms with Crippen LogP contribution in [0.1, 0.15) is 78.6 Å². The van der Waals surface area contributed by atoms with Gasteiger partial charge in [0, 0.05) is 6.61 Å². The zero-order valence-electron chi connectivity index (χ0n) is 16.5. The monoisotopic (exact) mass is 350 g/mol. The Bertz CT molecular complexity index is 383. The summed E-state index contributed by atoms with van der Waals surface area (Å²) in [5.74, 6) is -0.217. The molecule has 0 saturated heterocycles. The second-order valence-corrected chi connectivity index (χ2v) is 5.98. The highest BCUT2D eigenvalue weighted by Crippen LogP contribution is 2.11. The van der Waals surface area contributed by atoms with Gasteiger partial charge in [-0.3, -0.25) is 0 Å². The third-order valence-electron chi connectivity index (χ3n) is 3.78. The average molecular weight is 351 g/mol. The zero-order valence-corrected chi connectivity index (χ0v) is 16.5. The van der Waals surface area contributed by atoms with Crippen LogP contribution < -0.4 is 0 Å². The van der Waals surface area contributed by atoms with Crippen molar-refractivity contribution in [2.75, 3.05) is 13.2 Å². The number of carbonyl (C=O) groups excluding carboxylic acids is 1. The third kappa shape index (κ3) is 15.9. The van der Waals surface area contributed by atoms with Crippen molar-refractivity contribution in [3.8, 4) is 0 Å². The summed E-state index contributed by atoms with van der Waals surface area (Å²) in [5.41, 5.74) is 0. The third-order valence-corrected chi connectivity index (χ3v) is 3.78. The quantitative estimate of drug-likeness (QED) is 0.190. The molecule has 3 heteroatoms. The minimum atomic E-state index is -0.385. The molecule has 0 radical (unpaired) electrons. The summed E-state index contributed by atoms with van der Waals surface area (Å²) < 4.78 is 10.5. The van der Waals surface area contributed by atoms with Gasteiger partial charge in [0.2, 0.25) is 0 Å². The molecular weight excluding hydrogens is 312 g/mol. The minimum Gasteiger partial charge on any atom is -0.464 e. The first kappa shape index (κ1) is 23.6. The van der Waals surface area contributed by atoms with E-state index in [1.54, 1.807) is 0 Å². The van der Waals surface area contributed by atoms with E-state index in [0.29, 0.717) is 13.2 Å². The van der Waals surface area contributed by atoms with E-state index in [9.17, 15) is 4.79 Å². The van der Waals surface area contributed by atoms with Crippen LogP contribution in [0.4, 0.5) is 0 Å². The first-order valence-electron chi connectivity index (χ1n) is 9.99. The van der Waals surface area contributed by atoms with Crippen LogP contribution in [-0.2, 0) is 14.3 Å². The number of hydrogen-bond acceptors (Lipinski definition) is 3. The maximum Gasteiger partial charge on any atom is 0.335 e. The number of rotatable bonds is 16. The molecule has 0 aliphatic heterocycles. The van der Waals surface area contributed by atoms with Crippen molar-refractivity contribution >= 4 is 5.97 Å². The molecule has 0 amide bonds. The highest BCUT2D eigenvalue weighted by Gasteiger charge is 2.18. The lowest BCUT2D eigenvalue weighted by atomic mass is 10.1. The van der Waals surface area contributed by atoms with E-state index in [4.69, 9.17) is 9.47 Å². The fraction of sp³-hybridized carbons (Fsp3) is 0.682. The first-order chi connectivity index (χ1) is 12.3. The van der Waals surface area contributed by atoms with Crippen LogP contribution in [0.15, 0.2) is 36.5 Å². The van der Waals surface area contributed by atoms with Crippen LogP contribution in [0, 0.1) is 0 Å². The summed E-state index contributed by atoms with van der Waals surface area (Å²) >= 11 is 0. The van der Waals surface area contributed by atoms with Crippen LogP contribution in [0.3, 0.4) is 0 Å². The molecule has 0 heterocycles. The Hall–Kier alpha value is -1.35. The van der Waals surface area contributed by atoms with E-state index in [0.717, 1.165) is 44.9 Å². The number of unbranched alkanes of at least 4 members (excludes halogenated alkanes) is 4. The highest BCUT2D eigenvalue weighted by molar-refractivity contribution is 5.74. The summed E-state index contributed by atoms with van der Waals surface area (Å²) in [5, 5.41) is 0. The molecule has 0 aromatic carbocycles. The van der Waals surface area contributed by atoms with Crippen molar-refractivity contribution in [2.24, 2.45) is 0 Å².